The zero-order valence-electron chi connectivity index (χ0n) is 10.4. The quantitative estimate of drug-likeness (QED) is 0.479. The van der Waals surface area contributed by atoms with Crippen LogP contribution in [-0.2, 0) is 0 Å². The second-order valence-electron chi connectivity index (χ2n) is 3.97. The highest BCUT2D eigenvalue weighted by molar-refractivity contribution is 6.29. The van der Waals surface area contributed by atoms with E-state index in [2.05, 4.69) is 4.98 Å². The summed E-state index contributed by atoms with van der Waals surface area (Å²) in [5.74, 6) is -0.413. The van der Waals surface area contributed by atoms with Gasteiger partial charge >= 0.3 is 0 Å². The maximum atomic E-state index is 12.2. The maximum absolute atomic E-state index is 12.2. The number of aromatic nitrogens is 1. The van der Waals surface area contributed by atoms with Gasteiger partial charge in [-0.15, -0.1) is 0 Å². The van der Waals surface area contributed by atoms with Crippen LogP contribution in [0, 0.1) is 10.1 Å². The van der Waals surface area contributed by atoms with Crippen LogP contribution in [0.2, 0.25) is 5.15 Å². The third-order valence-electron chi connectivity index (χ3n) is 2.50. The van der Waals surface area contributed by atoms with E-state index in [1.807, 2.05) is 20.8 Å². The number of hydrogen-bond acceptors (Lipinski definition) is 4. The highest BCUT2D eigenvalue weighted by Crippen LogP contribution is 2.22. The largest absolute Gasteiger partial charge is 0.336 e. The predicted octanol–water partition coefficient (Wildman–Crippen LogP) is 2.51. The van der Waals surface area contributed by atoms with Gasteiger partial charge in [0, 0.05) is 12.6 Å². The number of carbonyl (C=O) groups is 1. The summed E-state index contributed by atoms with van der Waals surface area (Å²) in [6, 6.07) is 1.18. The second-order valence-corrected chi connectivity index (χ2v) is 4.35. The van der Waals surface area contributed by atoms with Gasteiger partial charge in [-0.2, -0.15) is 0 Å². The highest BCUT2D eigenvalue weighted by Gasteiger charge is 2.26. The fourth-order valence-electron chi connectivity index (χ4n) is 1.64. The number of rotatable bonds is 4. The molecule has 0 saturated carbocycles. The maximum Gasteiger partial charge on any atom is 0.300 e. The molecule has 0 aliphatic heterocycles. The van der Waals surface area contributed by atoms with E-state index < -0.39 is 10.8 Å². The lowest BCUT2D eigenvalue weighted by Gasteiger charge is -2.24. The van der Waals surface area contributed by atoms with E-state index in [9.17, 15) is 14.9 Å². The first-order valence-corrected chi connectivity index (χ1v) is 5.87. The Morgan fingerprint density at radius 2 is 2.22 bits per heavy atom. The fourth-order valence-corrected chi connectivity index (χ4v) is 1.80. The van der Waals surface area contributed by atoms with Gasteiger partial charge in [-0.25, -0.2) is 4.98 Å². The molecule has 7 heteroatoms. The van der Waals surface area contributed by atoms with Gasteiger partial charge in [0.1, 0.15) is 16.9 Å². The summed E-state index contributed by atoms with van der Waals surface area (Å²) in [5, 5.41) is 10.9. The molecule has 0 aromatic carbocycles. The van der Waals surface area contributed by atoms with Crippen molar-refractivity contribution in [3.63, 3.8) is 0 Å². The number of nitrogens with zero attached hydrogens (tertiary/aromatic N) is 3. The lowest BCUT2D eigenvalue weighted by atomic mass is 10.1. The lowest BCUT2D eigenvalue weighted by Crippen LogP contribution is -2.37. The molecule has 6 nitrogen and oxygen atoms in total. The summed E-state index contributed by atoms with van der Waals surface area (Å²) in [6.07, 6.45) is 1.00. The molecule has 0 fully saturated rings. The summed E-state index contributed by atoms with van der Waals surface area (Å²) < 4.78 is 0. The normalized spacial score (nSPS) is 10.5. The number of carbonyl (C=O) groups excluding carboxylic acids is 1. The first-order chi connectivity index (χ1) is 8.38. The monoisotopic (exact) mass is 271 g/mol. The number of pyridine rings is 1. The van der Waals surface area contributed by atoms with E-state index in [0.717, 1.165) is 6.20 Å². The number of nitro groups is 1. The topological polar surface area (TPSA) is 76.3 Å². The van der Waals surface area contributed by atoms with Gasteiger partial charge in [-0.05, 0) is 26.8 Å². The van der Waals surface area contributed by atoms with E-state index in [-0.39, 0.29) is 22.4 Å². The Morgan fingerprint density at radius 1 is 1.61 bits per heavy atom. The molecular weight excluding hydrogens is 258 g/mol. The van der Waals surface area contributed by atoms with Gasteiger partial charge in [-0.3, -0.25) is 14.9 Å². The van der Waals surface area contributed by atoms with Crippen LogP contribution in [0.5, 0.6) is 0 Å². The van der Waals surface area contributed by atoms with Crippen LogP contribution in [-0.4, -0.2) is 33.3 Å². The first-order valence-electron chi connectivity index (χ1n) is 5.49. The van der Waals surface area contributed by atoms with E-state index in [0.29, 0.717) is 6.54 Å². The van der Waals surface area contributed by atoms with Gasteiger partial charge in [0.05, 0.1) is 4.92 Å². The minimum Gasteiger partial charge on any atom is -0.336 e. The molecule has 1 rings (SSSR count). The van der Waals surface area contributed by atoms with Crippen molar-refractivity contribution >= 4 is 23.2 Å². The van der Waals surface area contributed by atoms with Crippen LogP contribution in [0.4, 0.5) is 5.69 Å². The number of amides is 1. The van der Waals surface area contributed by atoms with Crippen molar-refractivity contribution in [1.82, 2.24) is 9.88 Å². The minimum atomic E-state index is -0.634. The van der Waals surface area contributed by atoms with Crippen molar-refractivity contribution in [2.75, 3.05) is 6.54 Å². The van der Waals surface area contributed by atoms with Crippen molar-refractivity contribution in [1.29, 1.82) is 0 Å². The Morgan fingerprint density at radius 3 is 2.67 bits per heavy atom. The van der Waals surface area contributed by atoms with Gasteiger partial charge < -0.3 is 4.90 Å². The Kier molecular flexibility index (Phi) is 4.61. The standard InChI is InChI=1S/C11H14ClN3O3/c1-4-14(7(2)3)11(16)8-5-10(12)13-6-9(8)15(17)18/h5-7H,4H2,1-3H3. The van der Waals surface area contributed by atoms with Gasteiger partial charge in [-0.1, -0.05) is 11.6 Å². The van der Waals surface area contributed by atoms with E-state index in [4.69, 9.17) is 11.6 Å². The Balaban J connectivity index is 3.26. The molecule has 0 atom stereocenters. The molecule has 0 spiro atoms. The fraction of sp³-hybridized carbons (Fsp3) is 0.455. The van der Waals surface area contributed by atoms with Crippen LogP contribution in [0.3, 0.4) is 0 Å². The minimum absolute atomic E-state index is 0.0319. The zero-order chi connectivity index (χ0) is 13.9. The number of hydrogen-bond donors (Lipinski definition) is 0. The lowest BCUT2D eigenvalue weighted by molar-refractivity contribution is -0.385. The van der Waals surface area contributed by atoms with Crippen molar-refractivity contribution in [2.45, 2.75) is 26.8 Å². The third kappa shape index (κ3) is 2.95. The van der Waals surface area contributed by atoms with E-state index >= 15 is 0 Å². The smallest absolute Gasteiger partial charge is 0.300 e. The molecule has 0 bridgehead atoms. The first kappa shape index (κ1) is 14.4. The van der Waals surface area contributed by atoms with Crippen LogP contribution in [0.1, 0.15) is 31.1 Å². The second kappa shape index (κ2) is 5.77. The van der Waals surface area contributed by atoms with Crippen LogP contribution < -0.4 is 0 Å². The van der Waals surface area contributed by atoms with Crippen LogP contribution in [0.15, 0.2) is 12.3 Å². The van der Waals surface area contributed by atoms with Crippen molar-refractivity contribution in [2.24, 2.45) is 0 Å². The van der Waals surface area contributed by atoms with Crippen molar-refractivity contribution < 1.29 is 9.72 Å². The SMILES string of the molecule is CCN(C(=O)c1cc(Cl)ncc1[N+](=O)[O-])C(C)C. The van der Waals surface area contributed by atoms with E-state index in [1.54, 1.807) is 0 Å². The third-order valence-corrected chi connectivity index (χ3v) is 2.71. The molecule has 1 aromatic rings. The number of halogens is 1. The van der Waals surface area contributed by atoms with Crippen LogP contribution in [0.25, 0.3) is 0 Å². The molecule has 0 N–H and O–H groups in total. The predicted molar refractivity (Wildman–Crippen MR) is 67.7 cm³/mol. The highest BCUT2D eigenvalue weighted by atomic mass is 35.5. The average molecular weight is 272 g/mol. The van der Waals surface area contributed by atoms with Crippen molar-refractivity contribution in [3.05, 3.63) is 33.1 Å². The van der Waals surface area contributed by atoms with Crippen molar-refractivity contribution in [3.8, 4) is 0 Å². The summed E-state index contributed by atoms with van der Waals surface area (Å²) >= 11 is 5.69. The molecule has 0 unspecified atom stereocenters. The average Bonchev–Trinajstić information content (AvgIpc) is 2.28. The van der Waals surface area contributed by atoms with Gasteiger partial charge in [0.15, 0.2) is 0 Å². The Labute approximate surface area is 110 Å². The van der Waals surface area contributed by atoms with Crippen LogP contribution >= 0.6 is 11.6 Å². The molecule has 1 heterocycles. The molecule has 18 heavy (non-hydrogen) atoms. The molecule has 98 valence electrons. The molecule has 0 saturated heterocycles. The Hall–Kier alpha value is -1.69. The molecule has 0 aliphatic carbocycles. The van der Waals surface area contributed by atoms with E-state index in [1.165, 1.54) is 11.0 Å². The molecule has 1 aromatic heterocycles. The Bertz CT molecular complexity index is 477. The molecule has 1 amide bonds. The molecule has 0 radical (unpaired) electrons. The summed E-state index contributed by atoms with van der Waals surface area (Å²) in [4.78, 5) is 27.6. The zero-order valence-corrected chi connectivity index (χ0v) is 11.1. The summed E-state index contributed by atoms with van der Waals surface area (Å²) in [7, 11) is 0. The summed E-state index contributed by atoms with van der Waals surface area (Å²) in [6.45, 7) is 5.96. The summed E-state index contributed by atoms with van der Waals surface area (Å²) in [5.41, 5.74) is -0.362. The van der Waals surface area contributed by atoms with Gasteiger partial charge in [0.2, 0.25) is 0 Å². The molecule has 0 aliphatic rings. The molecular formula is C11H14ClN3O3. The van der Waals surface area contributed by atoms with Gasteiger partial charge in [0.25, 0.3) is 11.6 Å².